The zero-order valence-corrected chi connectivity index (χ0v) is 18.0. The summed E-state index contributed by atoms with van der Waals surface area (Å²) in [5.41, 5.74) is 2.80. The molecule has 2 aromatic heterocycles. The van der Waals surface area contributed by atoms with Gasteiger partial charge in [-0.1, -0.05) is 29.8 Å². The van der Waals surface area contributed by atoms with Gasteiger partial charge >= 0.3 is 0 Å². The van der Waals surface area contributed by atoms with E-state index in [4.69, 9.17) is 0 Å². The molecule has 28 heavy (non-hydrogen) atoms. The van der Waals surface area contributed by atoms with Gasteiger partial charge in [0.15, 0.2) is 5.52 Å². The maximum absolute atomic E-state index is 13.0. The Morgan fingerprint density at radius 3 is 2.29 bits per heavy atom. The zero-order chi connectivity index (χ0) is 20.6. The fourth-order valence-electron chi connectivity index (χ4n) is 3.46. The Morgan fingerprint density at radius 2 is 1.71 bits per heavy atom. The van der Waals surface area contributed by atoms with E-state index in [1.807, 2.05) is 65.8 Å². The number of carbonyl (C=O) groups excluding carboxylic acids is 1. The van der Waals surface area contributed by atoms with Gasteiger partial charge in [-0.25, -0.2) is 9.67 Å². The van der Waals surface area contributed by atoms with Crippen molar-refractivity contribution in [3.63, 3.8) is 0 Å². The highest BCUT2D eigenvalue weighted by Crippen LogP contribution is 2.29. The third-order valence-corrected chi connectivity index (χ3v) is 5.60. The van der Waals surface area contributed by atoms with Crippen LogP contribution in [0.3, 0.4) is 0 Å². The Hall–Kier alpha value is -2.54. The van der Waals surface area contributed by atoms with Crippen LogP contribution in [0.4, 0.5) is 0 Å². The van der Waals surface area contributed by atoms with Gasteiger partial charge < -0.3 is 4.90 Å². The first-order valence-electron chi connectivity index (χ1n) is 9.45. The average Bonchev–Trinajstić information content (AvgIpc) is 2.99. The van der Waals surface area contributed by atoms with Gasteiger partial charge in [-0.2, -0.15) is 5.10 Å². The van der Waals surface area contributed by atoms with Gasteiger partial charge in [0.2, 0.25) is 5.91 Å². The predicted octanol–water partition coefficient (Wildman–Crippen LogP) is 3.78. The Bertz CT molecular complexity index is 1060. The molecule has 6 nitrogen and oxygen atoms in total. The second-order valence-corrected chi connectivity index (χ2v) is 8.78. The van der Waals surface area contributed by atoms with Gasteiger partial charge in [-0.15, -0.1) is 11.3 Å². The largest absolute Gasteiger partial charge is 0.336 e. The Labute approximate surface area is 168 Å². The molecule has 0 saturated heterocycles. The molecule has 1 aromatic carbocycles. The van der Waals surface area contributed by atoms with Crippen molar-refractivity contribution >= 4 is 27.5 Å². The summed E-state index contributed by atoms with van der Waals surface area (Å²) in [7, 11) is 0. The Balaban J connectivity index is 2.13. The highest BCUT2D eigenvalue weighted by molar-refractivity contribution is 7.19. The van der Waals surface area contributed by atoms with Crippen LogP contribution >= 0.6 is 11.3 Å². The van der Waals surface area contributed by atoms with E-state index in [1.165, 1.54) is 16.0 Å². The van der Waals surface area contributed by atoms with Crippen molar-refractivity contribution in [2.24, 2.45) is 0 Å². The molecular weight excluding hydrogens is 372 g/mol. The SMILES string of the molecule is Cc1ccc(-c2nn(CC(=O)N(C(C)C)C(C)C)c(=O)c3nc(C)sc23)cc1. The molecule has 3 rings (SSSR count). The van der Waals surface area contributed by atoms with E-state index in [-0.39, 0.29) is 30.1 Å². The van der Waals surface area contributed by atoms with Crippen LogP contribution in [0.2, 0.25) is 0 Å². The quantitative estimate of drug-likeness (QED) is 0.656. The number of carbonyl (C=O) groups is 1. The summed E-state index contributed by atoms with van der Waals surface area (Å²) < 4.78 is 2.02. The smallest absolute Gasteiger partial charge is 0.294 e. The number of thiazole rings is 1. The highest BCUT2D eigenvalue weighted by atomic mass is 32.1. The maximum atomic E-state index is 13.0. The fraction of sp³-hybridized carbons (Fsp3) is 0.429. The summed E-state index contributed by atoms with van der Waals surface area (Å²) in [6, 6.07) is 8.08. The molecule has 0 atom stereocenters. The monoisotopic (exact) mass is 398 g/mol. The van der Waals surface area contributed by atoms with Crippen LogP contribution < -0.4 is 5.56 Å². The zero-order valence-electron chi connectivity index (χ0n) is 17.2. The van der Waals surface area contributed by atoms with Crippen molar-refractivity contribution in [3.8, 4) is 11.3 Å². The normalized spacial score (nSPS) is 11.6. The molecule has 148 valence electrons. The van der Waals surface area contributed by atoms with Crippen LogP contribution in [0.5, 0.6) is 0 Å². The second-order valence-electron chi connectivity index (χ2n) is 7.58. The van der Waals surface area contributed by atoms with Crippen LogP contribution in [-0.2, 0) is 11.3 Å². The minimum atomic E-state index is -0.323. The third kappa shape index (κ3) is 3.85. The minimum Gasteiger partial charge on any atom is -0.336 e. The molecule has 0 radical (unpaired) electrons. The highest BCUT2D eigenvalue weighted by Gasteiger charge is 2.23. The van der Waals surface area contributed by atoms with Gasteiger partial charge in [0.1, 0.15) is 12.2 Å². The van der Waals surface area contributed by atoms with E-state index in [1.54, 1.807) is 4.90 Å². The van der Waals surface area contributed by atoms with Gasteiger partial charge in [0.25, 0.3) is 5.56 Å². The van der Waals surface area contributed by atoms with Crippen molar-refractivity contribution < 1.29 is 4.79 Å². The number of aromatic nitrogens is 3. The number of fused-ring (bicyclic) bond motifs is 1. The van der Waals surface area contributed by atoms with Gasteiger partial charge in [-0.05, 0) is 41.5 Å². The lowest BCUT2D eigenvalue weighted by Crippen LogP contribution is -2.45. The minimum absolute atomic E-state index is 0.0463. The summed E-state index contributed by atoms with van der Waals surface area (Å²) in [6.45, 7) is 11.7. The number of benzene rings is 1. The van der Waals surface area contributed by atoms with Crippen molar-refractivity contribution in [2.75, 3.05) is 0 Å². The molecule has 3 aromatic rings. The van der Waals surface area contributed by atoms with E-state index in [9.17, 15) is 9.59 Å². The first-order chi connectivity index (χ1) is 13.2. The van der Waals surface area contributed by atoms with Crippen LogP contribution in [0.15, 0.2) is 29.1 Å². The van der Waals surface area contributed by atoms with E-state index >= 15 is 0 Å². The lowest BCUT2D eigenvalue weighted by Gasteiger charge is -2.30. The summed E-state index contributed by atoms with van der Waals surface area (Å²) >= 11 is 1.45. The summed E-state index contributed by atoms with van der Waals surface area (Å²) in [4.78, 5) is 32.0. The molecule has 7 heteroatoms. The van der Waals surface area contributed by atoms with Gasteiger partial charge in [0.05, 0.1) is 9.71 Å². The first-order valence-corrected chi connectivity index (χ1v) is 10.3. The van der Waals surface area contributed by atoms with E-state index in [0.717, 1.165) is 20.8 Å². The molecule has 0 fully saturated rings. The second kappa shape index (κ2) is 7.83. The number of nitrogens with zero attached hydrogens (tertiary/aromatic N) is 4. The fourth-order valence-corrected chi connectivity index (χ4v) is 4.37. The molecule has 0 N–H and O–H groups in total. The summed E-state index contributed by atoms with van der Waals surface area (Å²) in [5.74, 6) is -0.124. The standard InChI is InChI=1S/C21H26N4O2S/c1-12(2)25(13(3)4)17(26)11-24-21(27)19-20(28-15(6)22-19)18(23-24)16-9-7-14(5)8-10-16/h7-10,12-13H,11H2,1-6H3. The van der Waals surface area contributed by atoms with E-state index < -0.39 is 0 Å². The Kier molecular flexibility index (Phi) is 5.65. The number of aryl methyl sites for hydroxylation is 2. The molecule has 0 bridgehead atoms. The molecule has 0 saturated carbocycles. The molecule has 0 spiro atoms. The maximum Gasteiger partial charge on any atom is 0.294 e. The van der Waals surface area contributed by atoms with Crippen LogP contribution in [0.1, 0.15) is 38.3 Å². The molecule has 2 heterocycles. The molecule has 1 amide bonds. The summed E-state index contributed by atoms with van der Waals surface area (Å²) in [6.07, 6.45) is 0. The van der Waals surface area contributed by atoms with Gasteiger partial charge in [-0.3, -0.25) is 9.59 Å². The molecule has 0 aliphatic heterocycles. The lowest BCUT2D eigenvalue weighted by molar-refractivity contribution is -0.135. The lowest BCUT2D eigenvalue weighted by atomic mass is 10.1. The summed E-state index contributed by atoms with van der Waals surface area (Å²) in [5, 5.41) is 5.38. The third-order valence-electron chi connectivity index (χ3n) is 4.62. The predicted molar refractivity (Wildman–Crippen MR) is 114 cm³/mol. The number of hydrogen-bond donors (Lipinski definition) is 0. The van der Waals surface area contributed by atoms with Crippen molar-refractivity contribution in [1.82, 2.24) is 19.7 Å². The molecule has 0 aliphatic rings. The van der Waals surface area contributed by atoms with Crippen molar-refractivity contribution in [3.05, 3.63) is 45.2 Å². The number of hydrogen-bond acceptors (Lipinski definition) is 5. The Morgan fingerprint density at radius 1 is 1.11 bits per heavy atom. The molecule has 0 aliphatic carbocycles. The van der Waals surface area contributed by atoms with E-state index in [0.29, 0.717) is 11.2 Å². The molecular formula is C21H26N4O2S. The van der Waals surface area contributed by atoms with Gasteiger partial charge in [0, 0.05) is 17.6 Å². The topological polar surface area (TPSA) is 68.1 Å². The number of rotatable bonds is 5. The molecule has 0 unspecified atom stereocenters. The van der Waals surface area contributed by atoms with Crippen LogP contribution in [0.25, 0.3) is 21.5 Å². The van der Waals surface area contributed by atoms with E-state index in [2.05, 4.69) is 10.1 Å². The van der Waals surface area contributed by atoms with Crippen molar-refractivity contribution in [1.29, 1.82) is 0 Å². The van der Waals surface area contributed by atoms with Crippen LogP contribution in [0, 0.1) is 13.8 Å². The number of amides is 1. The van der Waals surface area contributed by atoms with Crippen molar-refractivity contribution in [2.45, 2.75) is 60.2 Å². The average molecular weight is 399 g/mol. The first kappa shape index (κ1) is 20.2. The van der Waals surface area contributed by atoms with Crippen LogP contribution in [-0.4, -0.2) is 37.7 Å².